The largest absolute Gasteiger partial charge is 0.478 e. The van der Waals surface area contributed by atoms with Gasteiger partial charge in [0.15, 0.2) is 0 Å². The van der Waals surface area contributed by atoms with Crippen molar-refractivity contribution >= 4 is 28.2 Å². The van der Waals surface area contributed by atoms with E-state index in [9.17, 15) is 14.7 Å². The molecule has 1 heterocycles. The standard InChI is InChI=1S/C15H23NO3S/c1-8(15(4,5)6)7-11(17)16-13-12(14(18)19)9(2)10(3)20-13/h8H,7H2,1-6H3,(H,16,17)(H,18,19). The number of anilines is 1. The highest BCUT2D eigenvalue weighted by Gasteiger charge is 2.25. The van der Waals surface area contributed by atoms with Gasteiger partial charge in [-0.2, -0.15) is 0 Å². The van der Waals surface area contributed by atoms with Crippen molar-refractivity contribution in [2.75, 3.05) is 5.32 Å². The molecular formula is C15H23NO3S. The predicted molar refractivity (Wildman–Crippen MR) is 82.6 cm³/mol. The molecule has 0 saturated carbocycles. The lowest BCUT2D eigenvalue weighted by Gasteiger charge is -2.26. The van der Waals surface area contributed by atoms with E-state index in [2.05, 4.69) is 26.1 Å². The number of carbonyl (C=O) groups is 2. The summed E-state index contributed by atoms with van der Waals surface area (Å²) in [7, 11) is 0. The zero-order valence-corrected chi connectivity index (χ0v) is 13.8. The molecule has 0 aromatic carbocycles. The Labute approximate surface area is 124 Å². The van der Waals surface area contributed by atoms with Gasteiger partial charge in [-0.05, 0) is 30.7 Å². The molecule has 1 aromatic heterocycles. The van der Waals surface area contributed by atoms with Crippen LogP contribution in [0.4, 0.5) is 5.00 Å². The summed E-state index contributed by atoms with van der Waals surface area (Å²) in [4.78, 5) is 24.3. The van der Waals surface area contributed by atoms with Crippen molar-refractivity contribution in [1.82, 2.24) is 0 Å². The summed E-state index contributed by atoms with van der Waals surface area (Å²) in [5, 5.41) is 12.4. The third kappa shape index (κ3) is 3.82. The van der Waals surface area contributed by atoms with E-state index < -0.39 is 5.97 Å². The molecule has 20 heavy (non-hydrogen) atoms. The normalized spacial score (nSPS) is 13.1. The Bertz CT molecular complexity index is 526. The monoisotopic (exact) mass is 297 g/mol. The summed E-state index contributed by atoms with van der Waals surface area (Å²) in [5.41, 5.74) is 0.986. The molecule has 1 atom stereocenters. The molecule has 0 aliphatic heterocycles. The fraction of sp³-hybridized carbons (Fsp3) is 0.600. The van der Waals surface area contributed by atoms with Crippen molar-refractivity contribution in [1.29, 1.82) is 0 Å². The lowest BCUT2D eigenvalue weighted by atomic mass is 9.80. The van der Waals surface area contributed by atoms with Crippen LogP contribution in [-0.4, -0.2) is 17.0 Å². The summed E-state index contributed by atoms with van der Waals surface area (Å²) in [5.74, 6) is -0.903. The molecule has 1 aromatic rings. The number of nitrogens with one attached hydrogen (secondary N) is 1. The topological polar surface area (TPSA) is 66.4 Å². The van der Waals surface area contributed by atoms with Gasteiger partial charge in [-0.15, -0.1) is 11.3 Å². The molecule has 0 radical (unpaired) electrons. The van der Waals surface area contributed by atoms with Crippen LogP contribution < -0.4 is 5.32 Å². The van der Waals surface area contributed by atoms with Crippen molar-refractivity contribution in [3.8, 4) is 0 Å². The SMILES string of the molecule is Cc1sc(NC(=O)CC(C)C(C)(C)C)c(C(=O)O)c1C. The minimum Gasteiger partial charge on any atom is -0.478 e. The molecule has 0 spiro atoms. The summed E-state index contributed by atoms with van der Waals surface area (Å²) in [6, 6.07) is 0. The van der Waals surface area contributed by atoms with Crippen LogP contribution >= 0.6 is 11.3 Å². The number of hydrogen-bond acceptors (Lipinski definition) is 3. The molecule has 1 amide bonds. The highest BCUT2D eigenvalue weighted by Crippen LogP contribution is 2.33. The van der Waals surface area contributed by atoms with Gasteiger partial charge in [-0.25, -0.2) is 4.79 Å². The molecule has 1 unspecified atom stereocenters. The second-order valence-corrected chi connectivity index (χ2v) is 7.54. The maximum Gasteiger partial charge on any atom is 0.338 e. The number of thiophene rings is 1. The zero-order chi connectivity index (χ0) is 15.7. The van der Waals surface area contributed by atoms with Gasteiger partial charge in [-0.1, -0.05) is 27.7 Å². The third-order valence-corrected chi connectivity index (χ3v) is 4.94. The molecule has 5 heteroatoms. The fourth-order valence-corrected chi connectivity index (χ4v) is 2.80. The van der Waals surface area contributed by atoms with Crippen LogP contribution in [0.2, 0.25) is 0 Å². The fourth-order valence-electron chi connectivity index (χ4n) is 1.73. The Balaban J connectivity index is 2.87. The number of carboxylic acids is 1. The Kier molecular flexibility index (Phi) is 4.97. The van der Waals surface area contributed by atoms with Crippen LogP contribution in [0.3, 0.4) is 0 Å². The first-order chi connectivity index (χ1) is 9.04. The number of hydrogen-bond donors (Lipinski definition) is 2. The molecule has 2 N–H and O–H groups in total. The molecule has 0 saturated heterocycles. The molecule has 0 aliphatic carbocycles. The number of aromatic carboxylic acids is 1. The molecule has 4 nitrogen and oxygen atoms in total. The van der Waals surface area contributed by atoms with Crippen molar-refractivity contribution in [2.45, 2.75) is 48.0 Å². The van der Waals surface area contributed by atoms with Crippen molar-refractivity contribution in [3.63, 3.8) is 0 Å². The van der Waals surface area contributed by atoms with E-state index >= 15 is 0 Å². The van der Waals surface area contributed by atoms with E-state index in [0.717, 1.165) is 10.4 Å². The molecule has 0 fully saturated rings. The zero-order valence-electron chi connectivity index (χ0n) is 13.0. The summed E-state index contributed by atoms with van der Waals surface area (Å²) in [6.07, 6.45) is 0.387. The van der Waals surface area contributed by atoms with E-state index in [1.165, 1.54) is 11.3 Å². The van der Waals surface area contributed by atoms with E-state index in [-0.39, 0.29) is 22.8 Å². The maximum atomic E-state index is 12.1. The molecule has 1 rings (SSSR count). The van der Waals surface area contributed by atoms with Crippen LogP contribution in [0.15, 0.2) is 0 Å². The minimum absolute atomic E-state index is 0.0499. The quantitative estimate of drug-likeness (QED) is 0.880. The second-order valence-electron chi connectivity index (χ2n) is 6.31. The second kappa shape index (κ2) is 5.95. The first-order valence-corrected chi connectivity index (χ1v) is 7.48. The van der Waals surface area contributed by atoms with E-state index in [4.69, 9.17) is 0 Å². The first-order valence-electron chi connectivity index (χ1n) is 6.67. The number of carboxylic acid groups (broad SMARTS) is 1. The Hall–Kier alpha value is -1.36. The van der Waals surface area contributed by atoms with Gasteiger partial charge < -0.3 is 10.4 Å². The van der Waals surface area contributed by atoms with E-state index in [1.807, 2.05) is 13.8 Å². The van der Waals surface area contributed by atoms with Crippen molar-refractivity contribution in [3.05, 3.63) is 16.0 Å². The lowest BCUT2D eigenvalue weighted by Crippen LogP contribution is -2.24. The summed E-state index contributed by atoms with van der Waals surface area (Å²) in [6.45, 7) is 11.9. The summed E-state index contributed by atoms with van der Waals surface area (Å²) < 4.78 is 0. The highest BCUT2D eigenvalue weighted by molar-refractivity contribution is 7.16. The van der Waals surface area contributed by atoms with Crippen LogP contribution in [0.25, 0.3) is 0 Å². The number of amides is 1. The van der Waals surface area contributed by atoms with Crippen molar-refractivity contribution in [2.24, 2.45) is 11.3 Å². The average Bonchev–Trinajstić information content (AvgIpc) is 2.52. The maximum absolute atomic E-state index is 12.1. The smallest absolute Gasteiger partial charge is 0.338 e. The third-order valence-electron chi connectivity index (χ3n) is 3.82. The minimum atomic E-state index is -0.994. The van der Waals surface area contributed by atoms with Gasteiger partial charge in [-0.3, -0.25) is 4.79 Å². The van der Waals surface area contributed by atoms with E-state index in [1.54, 1.807) is 6.92 Å². The van der Waals surface area contributed by atoms with Gasteiger partial charge >= 0.3 is 5.97 Å². The number of carbonyl (C=O) groups excluding carboxylic acids is 1. The highest BCUT2D eigenvalue weighted by atomic mass is 32.1. The Morgan fingerprint density at radius 1 is 1.30 bits per heavy atom. The average molecular weight is 297 g/mol. The van der Waals surface area contributed by atoms with Crippen LogP contribution in [0.5, 0.6) is 0 Å². The molecule has 112 valence electrons. The first kappa shape index (κ1) is 16.7. The Morgan fingerprint density at radius 3 is 2.30 bits per heavy atom. The van der Waals surface area contributed by atoms with Crippen LogP contribution in [-0.2, 0) is 4.79 Å². The van der Waals surface area contributed by atoms with Gasteiger partial charge in [0.2, 0.25) is 5.91 Å². The van der Waals surface area contributed by atoms with Gasteiger partial charge in [0.25, 0.3) is 0 Å². The van der Waals surface area contributed by atoms with Crippen LogP contribution in [0.1, 0.15) is 54.9 Å². The van der Waals surface area contributed by atoms with Crippen LogP contribution in [0, 0.1) is 25.2 Å². The van der Waals surface area contributed by atoms with Gasteiger partial charge in [0.05, 0.1) is 5.56 Å². The lowest BCUT2D eigenvalue weighted by molar-refractivity contribution is -0.117. The van der Waals surface area contributed by atoms with Crippen molar-refractivity contribution < 1.29 is 14.7 Å². The molecular weight excluding hydrogens is 274 g/mol. The molecule has 0 bridgehead atoms. The number of rotatable bonds is 4. The summed E-state index contributed by atoms with van der Waals surface area (Å²) >= 11 is 1.32. The predicted octanol–water partition coefficient (Wildman–Crippen LogP) is 4.07. The Morgan fingerprint density at radius 2 is 1.85 bits per heavy atom. The molecule has 0 aliphatic rings. The number of aryl methyl sites for hydroxylation is 1. The van der Waals surface area contributed by atoms with Gasteiger partial charge in [0, 0.05) is 11.3 Å². The van der Waals surface area contributed by atoms with Gasteiger partial charge in [0.1, 0.15) is 5.00 Å². The van der Waals surface area contributed by atoms with E-state index in [0.29, 0.717) is 11.4 Å².